The van der Waals surface area contributed by atoms with Crippen molar-refractivity contribution in [1.29, 1.82) is 0 Å². The van der Waals surface area contributed by atoms with Crippen LogP contribution in [0.3, 0.4) is 0 Å². The third-order valence-corrected chi connectivity index (χ3v) is 2.98. The summed E-state index contributed by atoms with van der Waals surface area (Å²) in [6, 6.07) is 0. The molecule has 1 N–H and O–H groups in total. The molecular weight excluding hydrogens is 230 g/mol. The summed E-state index contributed by atoms with van der Waals surface area (Å²) in [5.74, 6) is -0.755. The second-order valence-electron chi connectivity index (χ2n) is 4.12. The lowest BCUT2D eigenvalue weighted by molar-refractivity contribution is -0.901. The summed E-state index contributed by atoms with van der Waals surface area (Å²) in [4.78, 5) is 0. The first-order valence-corrected chi connectivity index (χ1v) is 6.47. The van der Waals surface area contributed by atoms with Crippen LogP contribution in [0.5, 0.6) is 0 Å². The van der Waals surface area contributed by atoms with Crippen LogP contribution in [0, 0.1) is 0 Å². The summed E-state index contributed by atoms with van der Waals surface area (Å²) < 4.78 is 31.8. The number of aliphatic hydroxyl groups is 1. The molecule has 0 heterocycles. The number of aliphatic hydroxyl groups excluding tert-OH is 1. The zero-order valence-electron chi connectivity index (χ0n) is 9.50. The summed E-state index contributed by atoms with van der Waals surface area (Å²) >= 11 is 0. The molecular formula is C10H19NO4S. The first-order valence-electron chi connectivity index (χ1n) is 4.89. The van der Waals surface area contributed by atoms with Gasteiger partial charge in [-0.15, -0.1) is 0 Å². The van der Waals surface area contributed by atoms with Crippen molar-refractivity contribution in [3.63, 3.8) is 0 Å². The maximum Gasteiger partial charge on any atom is 0.116 e. The zero-order valence-corrected chi connectivity index (χ0v) is 10.3. The van der Waals surface area contributed by atoms with Crippen LogP contribution >= 0.6 is 0 Å². The highest BCUT2D eigenvalue weighted by molar-refractivity contribution is 7.85. The van der Waals surface area contributed by atoms with Crippen LogP contribution in [-0.4, -0.2) is 61.1 Å². The Morgan fingerprint density at radius 1 is 1.38 bits per heavy atom. The Hall–Kier alpha value is -0.690. The van der Waals surface area contributed by atoms with Crippen molar-refractivity contribution < 1.29 is 22.6 Å². The number of likely N-dealkylation sites (N-methyl/N-ethyl adjacent to an activating group) is 1. The molecule has 0 saturated heterocycles. The van der Waals surface area contributed by atoms with Gasteiger partial charge in [0, 0.05) is 0 Å². The van der Waals surface area contributed by atoms with Crippen LogP contribution in [0.4, 0.5) is 0 Å². The van der Waals surface area contributed by atoms with E-state index in [0.717, 1.165) is 0 Å². The second kappa shape index (κ2) is 6.15. The van der Waals surface area contributed by atoms with Gasteiger partial charge in [0.05, 0.1) is 36.0 Å². The number of nitrogens with zero attached hydrogens (tertiary/aromatic N) is 1. The average molecular weight is 249 g/mol. The molecule has 0 aliphatic carbocycles. The van der Waals surface area contributed by atoms with Crippen molar-refractivity contribution in [3.8, 4) is 0 Å². The van der Waals surface area contributed by atoms with E-state index in [2.05, 4.69) is 13.2 Å². The molecule has 0 radical (unpaired) electrons. The van der Waals surface area contributed by atoms with Crippen LogP contribution in [0.25, 0.3) is 0 Å². The van der Waals surface area contributed by atoms with Crippen molar-refractivity contribution in [3.05, 3.63) is 25.3 Å². The van der Waals surface area contributed by atoms with Crippen LogP contribution in [0.15, 0.2) is 25.3 Å². The maximum atomic E-state index is 10.5. The Morgan fingerprint density at radius 2 is 1.81 bits per heavy atom. The second-order valence-corrected chi connectivity index (χ2v) is 5.57. The molecule has 0 spiro atoms. The Bertz CT molecular complexity index is 327. The quantitative estimate of drug-likeness (QED) is 0.364. The van der Waals surface area contributed by atoms with Crippen LogP contribution < -0.4 is 0 Å². The van der Waals surface area contributed by atoms with Gasteiger partial charge < -0.3 is 14.1 Å². The van der Waals surface area contributed by atoms with Crippen LogP contribution in [0.2, 0.25) is 0 Å². The predicted molar refractivity (Wildman–Crippen MR) is 61.8 cm³/mol. The first-order chi connectivity index (χ1) is 7.22. The highest BCUT2D eigenvalue weighted by Crippen LogP contribution is 2.06. The van der Waals surface area contributed by atoms with Crippen molar-refractivity contribution in [2.24, 2.45) is 0 Å². The van der Waals surface area contributed by atoms with Gasteiger partial charge in [-0.05, 0) is 12.2 Å². The monoisotopic (exact) mass is 249 g/mol. The van der Waals surface area contributed by atoms with Gasteiger partial charge in [0.1, 0.15) is 12.6 Å². The summed E-state index contributed by atoms with van der Waals surface area (Å²) in [7, 11) is -2.55. The van der Waals surface area contributed by atoms with Crippen molar-refractivity contribution in [2.75, 3.05) is 32.4 Å². The molecule has 16 heavy (non-hydrogen) atoms. The lowest BCUT2D eigenvalue weighted by atomic mass is 10.3. The number of hydrogen-bond donors (Lipinski definition) is 1. The zero-order chi connectivity index (χ0) is 12.8. The van der Waals surface area contributed by atoms with Gasteiger partial charge in [0.15, 0.2) is 0 Å². The number of rotatable bonds is 8. The molecule has 94 valence electrons. The first kappa shape index (κ1) is 15.3. The Balaban J connectivity index is 4.50. The molecule has 0 amide bonds. The van der Waals surface area contributed by atoms with Crippen LogP contribution in [0.1, 0.15) is 0 Å². The fourth-order valence-electron chi connectivity index (χ4n) is 1.64. The number of hydrogen-bond acceptors (Lipinski definition) is 4. The molecule has 6 heteroatoms. The summed E-state index contributed by atoms with van der Waals surface area (Å²) in [5, 5.41) is 9.51. The topological polar surface area (TPSA) is 77.4 Å². The van der Waals surface area contributed by atoms with Gasteiger partial charge in [-0.3, -0.25) is 0 Å². The molecule has 0 aliphatic heterocycles. The van der Waals surface area contributed by atoms with Crippen LogP contribution in [-0.2, 0) is 10.1 Å². The SMILES string of the molecule is C=CC[N+](C)(CC=C)CC(O)CS(=O)(=O)[O-]. The number of quaternary nitrogens is 1. The van der Waals surface area contributed by atoms with Gasteiger partial charge in [-0.1, -0.05) is 13.2 Å². The lowest BCUT2D eigenvalue weighted by Gasteiger charge is -2.34. The van der Waals surface area contributed by atoms with E-state index < -0.39 is 22.0 Å². The van der Waals surface area contributed by atoms with Crippen molar-refractivity contribution >= 4 is 10.1 Å². The van der Waals surface area contributed by atoms with E-state index in [4.69, 9.17) is 0 Å². The third kappa shape index (κ3) is 6.73. The predicted octanol–water partition coefficient (Wildman–Crippen LogP) is -0.289. The normalized spacial score (nSPS) is 14.4. The van der Waals surface area contributed by atoms with Gasteiger partial charge >= 0.3 is 0 Å². The standard InChI is InChI=1S/C10H19NO4S/c1-4-6-11(3,7-5-2)8-10(12)9-16(13,14)15/h4-5,10,12H,1-2,6-9H2,3H3. The molecule has 1 atom stereocenters. The van der Waals surface area contributed by atoms with E-state index >= 15 is 0 Å². The largest absolute Gasteiger partial charge is 0.748 e. The summed E-state index contributed by atoms with van der Waals surface area (Å²) in [6.45, 7) is 8.52. The van der Waals surface area contributed by atoms with Gasteiger partial charge in [-0.2, -0.15) is 0 Å². The molecule has 5 nitrogen and oxygen atoms in total. The average Bonchev–Trinajstić information content (AvgIpc) is 1.99. The highest BCUT2D eigenvalue weighted by Gasteiger charge is 2.24. The molecule has 0 fully saturated rings. The Labute approximate surface area is 97.0 Å². The fourth-order valence-corrected chi connectivity index (χ4v) is 2.22. The molecule has 0 aromatic carbocycles. The Kier molecular flexibility index (Phi) is 5.88. The summed E-state index contributed by atoms with van der Waals surface area (Å²) in [6.07, 6.45) is 2.21. The van der Waals surface area contributed by atoms with Gasteiger partial charge in [-0.25, -0.2) is 8.42 Å². The van der Waals surface area contributed by atoms with E-state index in [1.165, 1.54) is 0 Å². The minimum Gasteiger partial charge on any atom is -0.748 e. The molecule has 0 saturated carbocycles. The van der Waals surface area contributed by atoms with E-state index in [-0.39, 0.29) is 6.54 Å². The third-order valence-electron chi connectivity index (χ3n) is 2.19. The van der Waals surface area contributed by atoms with E-state index in [9.17, 15) is 18.1 Å². The molecule has 0 rings (SSSR count). The molecule has 0 bridgehead atoms. The molecule has 1 unspecified atom stereocenters. The molecule has 0 aliphatic rings. The molecule has 0 aromatic rings. The smallest absolute Gasteiger partial charge is 0.116 e. The fraction of sp³-hybridized carbons (Fsp3) is 0.600. The van der Waals surface area contributed by atoms with Gasteiger partial charge in [0.2, 0.25) is 0 Å². The van der Waals surface area contributed by atoms with E-state index in [1.54, 1.807) is 12.2 Å². The van der Waals surface area contributed by atoms with Crippen molar-refractivity contribution in [1.82, 2.24) is 0 Å². The maximum absolute atomic E-state index is 10.5. The minimum absolute atomic E-state index is 0.180. The van der Waals surface area contributed by atoms with E-state index in [0.29, 0.717) is 17.6 Å². The van der Waals surface area contributed by atoms with Crippen molar-refractivity contribution in [2.45, 2.75) is 6.10 Å². The molecule has 0 aromatic heterocycles. The van der Waals surface area contributed by atoms with Gasteiger partial charge in [0.25, 0.3) is 0 Å². The lowest BCUT2D eigenvalue weighted by Crippen LogP contribution is -2.50. The minimum atomic E-state index is -4.39. The summed E-state index contributed by atoms with van der Waals surface area (Å²) in [5.41, 5.74) is 0. The van der Waals surface area contributed by atoms with E-state index in [1.807, 2.05) is 7.05 Å². The highest BCUT2D eigenvalue weighted by atomic mass is 32.2. The Morgan fingerprint density at radius 3 is 2.12 bits per heavy atom.